The van der Waals surface area contributed by atoms with Gasteiger partial charge in [-0.1, -0.05) is 6.08 Å². The van der Waals surface area contributed by atoms with E-state index in [4.69, 9.17) is 0 Å². The highest BCUT2D eigenvalue weighted by atomic mass is 15.5. The molecule has 5 rings (SSSR count). The van der Waals surface area contributed by atoms with E-state index >= 15 is 0 Å². The molecule has 0 amide bonds. The van der Waals surface area contributed by atoms with Crippen LogP contribution in [0.3, 0.4) is 0 Å². The van der Waals surface area contributed by atoms with Gasteiger partial charge in [-0.15, -0.1) is 0 Å². The lowest BCUT2D eigenvalue weighted by Gasteiger charge is -2.35. The lowest BCUT2D eigenvalue weighted by atomic mass is 9.94. The standard InChI is InChI=1S/C16H18N8/c1-2-6-24-13(3-1)20-22-15(24)11-4-7-23(8-5-11)16-12-9-19-21-14(12)17-10-18-16/h1-3,6,9-11,13,20H,4-5,7-8H2,(H,17,18,19,21)/t13-/m0/s1. The SMILES string of the molecule is C1=C[C@H]2NN=C(C3CCN(c4ncnc5[nH]ncc45)CC3)N2C=C1. The third-order valence-electron chi connectivity index (χ3n) is 4.91. The first-order valence-electron chi connectivity index (χ1n) is 8.25. The Bertz CT molecular complexity index is 843. The maximum atomic E-state index is 4.57. The fraction of sp³-hybridized carbons (Fsp3) is 0.375. The first kappa shape index (κ1) is 13.5. The van der Waals surface area contributed by atoms with Crippen molar-refractivity contribution in [3.8, 4) is 0 Å². The Morgan fingerprint density at radius 2 is 2.04 bits per heavy atom. The van der Waals surface area contributed by atoms with Gasteiger partial charge >= 0.3 is 0 Å². The van der Waals surface area contributed by atoms with E-state index in [1.807, 2.05) is 0 Å². The third kappa shape index (κ3) is 2.06. The maximum absolute atomic E-state index is 4.57. The zero-order valence-corrected chi connectivity index (χ0v) is 13.1. The quantitative estimate of drug-likeness (QED) is 0.864. The largest absolute Gasteiger partial charge is 0.356 e. The highest BCUT2D eigenvalue weighted by molar-refractivity contribution is 5.88. The van der Waals surface area contributed by atoms with Crippen LogP contribution < -0.4 is 10.3 Å². The van der Waals surface area contributed by atoms with Gasteiger partial charge in [0.25, 0.3) is 0 Å². The number of nitrogens with one attached hydrogen (secondary N) is 2. The van der Waals surface area contributed by atoms with Crippen LogP contribution in [0.15, 0.2) is 42.1 Å². The minimum Gasteiger partial charge on any atom is -0.356 e. The van der Waals surface area contributed by atoms with Crippen LogP contribution in [0.4, 0.5) is 5.82 Å². The number of allylic oxidation sites excluding steroid dienone is 2. The molecule has 122 valence electrons. The number of aromatic nitrogens is 4. The molecule has 24 heavy (non-hydrogen) atoms. The van der Waals surface area contributed by atoms with Gasteiger partial charge in [0.05, 0.1) is 11.6 Å². The molecule has 0 spiro atoms. The first-order valence-corrected chi connectivity index (χ1v) is 8.25. The molecule has 0 saturated carbocycles. The van der Waals surface area contributed by atoms with E-state index in [1.54, 1.807) is 12.5 Å². The lowest BCUT2D eigenvalue weighted by molar-refractivity contribution is 0.408. The molecule has 1 fully saturated rings. The molecule has 5 heterocycles. The highest BCUT2D eigenvalue weighted by Gasteiger charge is 2.33. The van der Waals surface area contributed by atoms with E-state index in [9.17, 15) is 0 Å². The Hall–Kier alpha value is -2.90. The van der Waals surface area contributed by atoms with Crippen molar-refractivity contribution in [2.45, 2.75) is 19.0 Å². The van der Waals surface area contributed by atoms with Gasteiger partial charge in [-0.05, 0) is 25.0 Å². The molecule has 0 unspecified atom stereocenters. The van der Waals surface area contributed by atoms with E-state index < -0.39 is 0 Å². The van der Waals surface area contributed by atoms with Crippen molar-refractivity contribution in [1.29, 1.82) is 0 Å². The summed E-state index contributed by atoms with van der Waals surface area (Å²) in [7, 11) is 0. The predicted molar refractivity (Wildman–Crippen MR) is 91.1 cm³/mol. The van der Waals surface area contributed by atoms with Crippen LogP contribution >= 0.6 is 0 Å². The van der Waals surface area contributed by atoms with Crippen LogP contribution in [-0.2, 0) is 0 Å². The minimum absolute atomic E-state index is 0.176. The number of hydrazone groups is 1. The van der Waals surface area contributed by atoms with Crippen LogP contribution in [-0.4, -0.2) is 50.2 Å². The fourth-order valence-corrected chi connectivity index (χ4v) is 3.67. The van der Waals surface area contributed by atoms with E-state index in [-0.39, 0.29) is 6.17 Å². The average molecular weight is 322 g/mol. The molecule has 2 N–H and O–H groups in total. The molecule has 2 aromatic rings. The lowest BCUT2D eigenvalue weighted by Crippen LogP contribution is -2.43. The number of rotatable bonds is 2. The topological polar surface area (TPSA) is 85.3 Å². The molecule has 0 aromatic carbocycles. The second-order valence-electron chi connectivity index (χ2n) is 6.27. The van der Waals surface area contributed by atoms with Gasteiger partial charge in [0, 0.05) is 25.2 Å². The smallest absolute Gasteiger partial charge is 0.160 e. The van der Waals surface area contributed by atoms with Crippen LogP contribution in [0, 0.1) is 5.92 Å². The fourth-order valence-electron chi connectivity index (χ4n) is 3.67. The Balaban J connectivity index is 1.32. The normalized spacial score (nSPS) is 23.5. The van der Waals surface area contributed by atoms with Gasteiger partial charge in [-0.25, -0.2) is 9.97 Å². The Morgan fingerprint density at radius 1 is 1.12 bits per heavy atom. The summed E-state index contributed by atoms with van der Waals surface area (Å²) in [5.41, 5.74) is 3.99. The predicted octanol–water partition coefficient (Wildman–Crippen LogP) is 1.20. The maximum Gasteiger partial charge on any atom is 0.160 e. The second kappa shape index (κ2) is 5.33. The molecule has 0 radical (unpaired) electrons. The Kier molecular flexibility index (Phi) is 3.00. The van der Waals surface area contributed by atoms with Crippen LogP contribution in [0.2, 0.25) is 0 Å². The van der Waals surface area contributed by atoms with Crippen molar-refractivity contribution >= 4 is 22.7 Å². The minimum atomic E-state index is 0.176. The molecule has 0 aliphatic carbocycles. The number of aromatic amines is 1. The summed E-state index contributed by atoms with van der Waals surface area (Å²) in [6.07, 6.45) is 14.0. The molecule has 3 aliphatic heterocycles. The van der Waals surface area contributed by atoms with E-state index in [2.05, 4.69) is 64.9 Å². The van der Waals surface area contributed by atoms with Crippen LogP contribution in [0.25, 0.3) is 11.0 Å². The Morgan fingerprint density at radius 3 is 2.96 bits per heavy atom. The van der Waals surface area contributed by atoms with Gasteiger partial charge in [-0.3, -0.25) is 10.5 Å². The van der Waals surface area contributed by atoms with Gasteiger partial charge in [0.15, 0.2) is 5.65 Å². The van der Waals surface area contributed by atoms with Crippen molar-refractivity contribution in [2.24, 2.45) is 11.0 Å². The van der Waals surface area contributed by atoms with Crippen molar-refractivity contribution in [2.75, 3.05) is 18.0 Å². The molecular weight excluding hydrogens is 304 g/mol. The zero-order valence-electron chi connectivity index (χ0n) is 13.1. The number of piperidine rings is 1. The number of hydrogen-bond donors (Lipinski definition) is 2. The summed E-state index contributed by atoms with van der Waals surface area (Å²) in [6.45, 7) is 1.91. The van der Waals surface area contributed by atoms with Gasteiger partial charge < -0.3 is 9.80 Å². The monoisotopic (exact) mass is 322 g/mol. The van der Waals surface area contributed by atoms with Gasteiger partial charge in [0.2, 0.25) is 0 Å². The number of H-pyrrole nitrogens is 1. The molecular formula is C16H18N8. The summed E-state index contributed by atoms with van der Waals surface area (Å²) in [6, 6.07) is 0. The number of fused-ring (bicyclic) bond motifs is 2. The van der Waals surface area contributed by atoms with E-state index in [0.29, 0.717) is 5.92 Å². The van der Waals surface area contributed by atoms with Crippen molar-refractivity contribution < 1.29 is 0 Å². The van der Waals surface area contributed by atoms with E-state index in [0.717, 1.165) is 48.6 Å². The summed E-state index contributed by atoms with van der Waals surface area (Å²) in [5, 5.41) is 12.5. The summed E-state index contributed by atoms with van der Waals surface area (Å²) >= 11 is 0. The molecule has 2 aromatic heterocycles. The van der Waals surface area contributed by atoms with Crippen LogP contribution in [0.5, 0.6) is 0 Å². The first-order chi connectivity index (χ1) is 11.9. The number of nitrogens with zero attached hydrogens (tertiary/aromatic N) is 6. The van der Waals surface area contributed by atoms with Crippen molar-refractivity contribution in [1.82, 2.24) is 30.5 Å². The Labute approximate surface area is 139 Å². The third-order valence-corrected chi connectivity index (χ3v) is 4.91. The highest BCUT2D eigenvalue weighted by Crippen LogP contribution is 2.29. The molecule has 3 aliphatic rings. The average Bonchev–Trinajstić information content (AvgIpc) is 3.28. The van der Waals surface area contributed by atoms with Gasteiger partial charge in [-0.2, -0.15) is 10.2 Å². The summed E-state index contributed by atoms with van der Waals surface area (Å²) < 4.78 is 0. The van der Waals surface area contributed by atoms with Gasteiger partial charge in [0.1, 0.15) is 24.1 Å². The molecule has 8 heteroatoms. The molecule has 1 atom stereocenters. The molecule has 8 nitrogen and oxygen atoms in total. The zero-order chi connectivity index (χ0) is 15.9. The molecule has 0 bridgehead atoms. The van der Waals surface area contributed by atoms with Crippen molar-refractivity contribution in [3.63, 3.8) is 0 Å². The van der Waals surface area contributed by atoms with Crippen LogP contribution in [0.1, 0.15) is 12.8 Å². The second-order valence-corrected chi connectivity index (χ2v) is 6.27. The van der Waals surface area contributed by atoms with Crippen molar-refractivity contribution in [3.05, 3.63) is 37.0 Å². The number of hydrogen-bond acceptors (Lipinski definition) is 7. The number of anilines is 1. The summed E-state index contributed by atoms with van der Waals surface area (Å²) in [5.74, 6) is 2.59. The van der Waals surface area contributed by atoms with E-state index in [1.165, 1.54) is 0 Å². The molecule has 1 saturated heterocycles. The summed E-state index contributed by atoms with van der Waals surface area (Å²) in [4.78, 5) is 13.2. The number of amidine groups is 1.